The Morgan fingerprint density at radius 2 is 2.35 bits per heavy atom. The van der Waals surface area contributed by atoms with E-state index < -0.39 is 6.10 Å². The van der Waals surface area contributed by atoms with Crippen molar-refractivity contribution >= 4 is 0 Å². The topological polar surface area (TPSA) is 54.4 Å². The Morgan fingerprint density at radius 3 is 3.06 bits per heavy atom. The van der Waals surface area contributed by atoms with E-state index in [2.05, 4.69) is 17.2 Å². The predicted molar refractivity (Wildman–Crippen MR) is 67.7 cm³/mol. The number of aliphatic hydroxyl groups excluding tert-OH is 1. The fourth-order valence-corrected chi connectivity index (χ4v) is 1.39. The van der Waals surface area contributed by atoms with Crippen molar-refractivity contribution in [2.24, 2.45) is 0 Å². The van der Waals surface area contributed by atoms with Gasteiger partial charge in [0, 0.05) is 25.9 Å². The number of nitrogens with one attached hydrogen (secondary N) is 1. The second-order valence-corrected chi connectivity index (χ2v) is 4.03. The third-order valence-corrected chi connectivity index (χ3v) is 2.36. The van der Waals surface area contributed by atoms with E-state index in [1.807, 2.05) is 18.2 Å². The molecule has 1 atom stereocenters. The van der Waals surface area contributed by atoms with Gasteiger partial charge in [-0.1, -0.05) is 19.4 Å². The summed E-state index contributed by atoms with van der Waals surface area (Å²) in [5.41, 5.74) is 0.978. The molecule has 96 valence electrons. The van der Waals surface area contributed by atoms with Gasteiger partial charge in [-0.15, -0.1) is 0 Å². The second kappa shape index (κ2) is 9.10. The summed E-state index contributed by atoms with van der Waals surface area (Å²) in [5.74, 6) is 0. The van der Waals surface area contributed by atoms with Gasteiger partial charge in [0.1, 0.15) is 0 Å². The van der Waals surface area contributed by atoms with Crippen molar-refractivity contribution in [3.8, 4) is 0 Å². The first kappa shape index (κ1) is 14.1. The molecule has 0 fully saturated rings. The molecule has 1 rings (SSSR count). The fraction of sp³-hybridized carbons (Fsp3) is 0.615. The molecule has 0 spiro atoms. The van der Waals surface area contributed by atoms with E-state index in [1.54, 1.807) is 6.20 Å². The number of ether oxygens (including phenoxy) is 1. The molecule has 17 heavy (non-hydrogen) atoms. The molecule has 0 aliphatic carbocycles. The SMILES string of the molecule is CCCCOCC(O)CNCc1ccccn1. The number of nitrogens with zero attached hydrogens (tertiary/aromatic N) is 1. The van der Waals surface area contributed by atoms with Crippen LogP contribution in [0.5, 0.6) is 0 Å². The quantitative estimate of drug-likeness (QED) is 0.638. The molecular formula is C13H22N2O2. The number of aromatic nitrogens is 1. The van der Waals surface area contributed by atoms with E-state index in [4.69, 9.17) is 4.74 Å². The monoisotopic (exact) mass is 238 g/mol. The van der Waals surface area contributed by atoms with Crippen molar-refractivity contribution in [2.75, 3.05) is 19.8 Å². The Morgan fingerprint density at radius 1 is 1.47 bits per heavy atom. The highest BCUT2D eigenvalue weighted by molar-refractivity contribution is 5.02. The zero-order chi connectivity index (χ0) is 12.3. The number of hydrogen-bond donors (Lipinski definition) is 2. The minimum Gasteiger partial charge on any atom is -0.389 e. The molecule has 2 N–H and O–H groups in total. The number of hydrogen-bond acceptors (Lipinski definition) is 4. The van der Waals surface area contributed by atoms with Crippen molar-refractivity contribution in [2.45, 2.75) is 32.4 Å². The maximum absolute atomic E-state index is 9.62. The van der Waals surface area contributed by atoms with Crippen molar-refractivity contribution in [3.05, 3.63) is 30.1 Å². The van der Waals surface area contributed by atoms with Crippen LogP contribution in [0.3, 0.4) is 0 Å². The summed E-state index contributed by atoms with van der Waals surface area (Å²) < 4.78 is 5.33. The Labute approximate surface area is 103 Å². The molecule has 0 bridgehead atoms. The molecule has 0 saturated carbocycles. The molecule has 1 aromatic heterocycles. The minimum atomic E-state index is -0.449. The van der Waals surface area contributed by atoms with Gasteiger partial charge in [-0.2, -0.15) is 0 Å². The summed E-state index contributed by atoms with van der Waals surface area (Å²) in [7, 11) is 0. The number of pyridine rings is 1. The average molecular weight is 238 g/mol. The van der Waals surface area contributed by atoms with Gasteiger partial charge in [0.15, 0.2) is 0 Å². The van der Waals surface area contributed by atoms with E-state index in [9.17, 15) is 5.11 Å². The Kier molecular flexibility index (Phi) is 7.54. The molecular weight excluding hydrogens is 216 g/mol. The van der Waals surface area contributed by atoms with Crippen molar-refractivity contribution < 1.29 is 9.84 Å². The van der Waals surface area contributed by atoms with Crippen LogP contribution in [0.15, 0.2) is 24.4 Å². The molecule has 0 saturated heterocycles. The lowest BCUT2D eigenvalue weighted by Crippen LogP contribution is -2.30. The normalized spacial score (nSPS) is 12.6. The standard InChI is InChI=1S/C13H22N2O2/c1-2-3-8-17-11-13(16)10-14-9-12-6-4-5-7-15-12/h4-7,13-14,16H,2-3,8-11H2,1H3. The van der Waals surface area contributed by atoms with E-state index in [0.29, 0.717) is 19.7 Å². The lowest BCUT2D eigenvalue weighted by Gasteiger charge is -2.11. The maximum Gasteiger partial charge on any atom is 0.0897 e. The summed E-state index contributed by atoms with van der Waals surface area (Å²) in [6.07, 6.45) is 3.49. The first-order chi connectivity index (χ1) is 8.33. The van der Waals surface area contributed by atoms with Gasteiger partial charge < -0.3 is 15.2 Å². The van der Waals surface area contributed by atoms with Gasteiger partial charge in [0.05, 0.1) is 18.4 Å². The molecule has 4 heteroatoms. The highest BCUT2D eigenvalue weighted by Crippen LogP contribution is 1.93. The van der Waals surface area contributed by atoms with Gasteiger partial charge in [-0.25, -0.2) is 0 Å². The van der Waals surface area contributed by atoms with Gasteiger partial charge in [0.2, 0.25) is 0 Å². The Hall–Kier alpha value is -0.970. The molecule has 0 aromatic carbocycles. The lowest BCUT2D eigenvalue weighted by molar-refractivity contribution is 0.0357. The van der Waals surface area contributed by atoms with Crippen LogP contribution in [0.4, 0.5) is 0 Å². The van der Waals surface area contributed by atoms with Crippen LogP contribution >= 0.6 is 0 Å². The third-order valence-electron chi connectivity index (χ3n) is 2.36. The van der Waals surface area contributed by atoms with Crippen molar-refractivity contribution in [1.82, 2.24) is 10.3 Å². The number of rotatable bonds is 9. The highest BCUT2D eigenvalue weighted by atomic mass is 16.5. The summed E-state index contributed by atoms with van der Waals surface area (Å²) in [5, 5.41) is 12.8. The summed E-state index contributed by atoms with van der Waals surface area (Å²) in [6.45, 7) is 4.45. The van der Waals surface area contributed by atoms with Crippen LogP contribution in [-0.2, 0) is 11.3 Å². The molecule has 1 aromatic rings. The number of aliphatic hydroxyl groups is 1. The lowest BCUT2D eigenvalue weighted by atomic mass is 10.3. The zero-order valence-corrected chi connectivity index (χ0v) is 10.4. The van der Waals surface area contributed by atoms with Crippen LogP contribution in [0.1, 0.15) is 25.5 Å². The van der Waals surface area contributed by atoms with Crippen LogP contribution < -0.4 is 5.32 Å². The van der Waals surface area contributed by atoms with Crippen LogP contribution in [0, 0.1) is 0 Å². The van der Waals surface area contributed by atoms with E-state index in [1.165, 1.54) is 0 Å². The van der Waals surface area contributed by atoms with Crippen molar-refractivity contribution in [1.29, 1.82) is 0 Å². The highest BCUT2D eigenvalue weighted by Gasteiger charge is 2.03. The van der Waals surface area contributed by atoms with E-state index in [0.717, 1.165) is 25.1 Å². The summed E-state index contributed by atoms with van der Waals surface area (Å²) >= 11 is 0. The molecule has 0 amide bonds. The Balaban J connectivity index is 2.02. The summed E-state index contributed by atoms with van der Waals surface area (Å²) in [6, 6.07) is 5.80. The van der Waals surface area contributed by atoms with Gasteiger partial charge in [-0.3, -0.25) is 4.98 Å². The third kappa shape index (κ3) is 7.05. The Bertz CT molecular complexity index is 280. The molecule has 0 aliphatic rings. The molecule has 1 heterocycles. The molecule has 4 nitrogen and oxygen atoms in total. The van der Waals surface area contributed by atoms with Crippen LogP contribution in [-0.4, -0.2) is 36.0 Å². The maximum atomic E-state index is 9.62. The predicted octanol–water partition coefficient (Wildman–Crippen LogP) is 1.35. The first-order valence-corrected chi connectivity index (χ1v) is 6.19. The largest absolute Gasteiger partial charge is 0.389 e. The first-order valence-electron chi connectivity index (χ1n) is 6.19. The molecule has 0 aliphatic heterocycles. The van der Waals surface area contributed by atoms with Crippen LogP contribution in [0.2, 0.25) is 0 Å². The number of unbranched alkanes of at least 4 members (excludes halogenated alkanes) is 1. The van der Waals surface area contributed by atoms with Gasteiger partial charge in [0.25, 0.3) is 0 Å². The van der Waals surface area contributed by atoms with Crippen molar-refractivity contribution in [3.63, 3.8) is 0 Å². The molecule has 0 radical (unpaired) electrons. The smallest absolute Gasteiger partial charge is 0.0897 e. The van der Waals surface area contributed by atoms with Gasteiger partial charge >= 0.3 is 0 Å². The second-order valence-electron chi connectivity index (χ2n) is 4.03. The molecule has 1 unspecified atom stereocenters. The van der Waals surface area contributed by atoms with E-state index >= 15 is 0 Å². The van der Waals surface area contributed by atoms with Gasteiger partial charge in [-0.05, 0) is 18.6 Å². The average Bonchev–Trinajstić information content (AvgIpc) is 2.36. The zero-order valence-electron chi connectivity index (χ0n) is 10.4. The summed E-state index contributed by atoms with van der Waals surface area (Å²) in [4.78, 5) is 4.19. The minimum absolute atomic E-state index is 0.398. The van der Waals surface area contributed by atoms with Crippen LogP contribution in [0.25, 0.3) is 0 Å². The fourth-order valence-electron chi connectivity index (χ4n) is 1.39. The van der Waals surface area contributed by atoms with E-state index in [-0.39, 0.29) is 0 Å².